The summed E-state index contributed by atoms with van der Waals surface area (Å²) in [7, 11) is 0. The summed E-state index contributed by atoms with van der Waals surface area (Å²) in [6.07, 6.45) is 3.37. The number of carbonyl (C=O) groups is 1. The molecule has 0 bridgehead atoms. The molecule has 1 aliphatic rings. The van der Waals surface area contributed by atoms with Gasteiger partial charge in [-0.05, 0) is 24.3 Å². The fourth-order valence-electron chi connectivity index (χ4n) is 2.75. The molecule has 0 spiro atoms. The van der Waals surface area contributed by atoms with Crippen molar-refractivity contribution in [1.29, 1.82) is 0 Å². The van der Waals surface area contributed by atoms with Crippen LogP contribution in [0, 0.1) is 5.82 Å². The van der Waals surface area contributed by atoms with Gasteiger partial charge in [0.05, 0.1) is 0 Å². The van der Waals surface area contributed by atoms with E-state index in [1.807, 2.05) is 4.90 Å². The van der Waals surface area contributed by atoms with Crippen molar-refractivity contribution in [3.8, 4) is 11.5 Å². The normalized spacial score (nSPS) is 14.5. The fraction of sp³-hybridized carbons (Fsp3) is 0.235. The first kappa shape index (κ1) is 16.1. The molecule has 0 unspecified atom stereocenters. The number of piperazine rings is 1. The van der Waals surface area contributed by atoms with Gasteiger partial charge in [0.2, 0.25) is 11.8 Å². The van der Waals surface area contributed by atoms with Crippen LogP contribution >= 0.6 is 0 Å². The second kappa shape index (κ2) is 6.87. The molecule has 0 N–H and O–H groups in total. The highest BCUT2D eigenvalue weighted by Crippen LogP contribution is 2.20. The molecule has 1 amide bonds. The molecule has 3 aromatic rings. The SMILES string of the molecule is O=C(c1nnc(-c2cccc(F)c2)o1)N1CCN(c2ncccn2)CC1. The van der Waals surface area contributed by atoms with Crippen LogP contribution in [0.5, 0.6) is 0 Å². The average Bonchev–Trinajstić information content (AvgIpc) is 3.18. The maximum absolute atomic E-state index is 13.3. The Morgan fingerprint density at radius 1 is 1.04 bits per heavy atom. The number of anilines is 1. The maximum Gasteiger partial charge on any atom is 0.311 e. The number of hydrogen-bond acceptors (Lipinski definition) is 7. The Balaban J connectivity index is 1.43. The molecule has 3 heterocycles. The number of aromatic nitrogens is 4. The van der Waals surface area contributed by atoms with Crippen molar-refractivity contribution < 1.29 is 13.6 Å². The van der Waals surface area contributed by atoms with Gasteiger partial charge < -0.3 is 14.2 Å². The quantitative estimate of drug-likeness (QED) is 0.706. The predicted octanol–water partition coefficient (Wildman–Crippen LogP) is 1.63. The molecule has 1 aliphatic heterocycles. The van der Waals surface area contributed by atoms with E-state index in [1.54, 1.807) is 35.5 Å². The zero-order chi connectivity index (χ0) is 17.9. The minimum atomic E-state index is -0.409. The van der Waals surface area contributed by atoms with Crippen LogP contribution < -0.4 is 4.90 Å². The summed E-state index contributed by atoms with van der Waals surface area (Å²) in [5.74, 6) is -0.0924. The van der Waals surface area contributed by atoms with Crippen LogP contribution in [-0.4, -0.2) is 57.2 Å². The highest BCUT2D eigenvalue weighted by atomic mass is 19.1. The van der Waals surface area contributed by atoms with E-state index in [1.165, 1.54) is 12.1 Å². The zero-order valence-electron chi connectivity index (χ0n) is 13.7. The molecule has 9 heteroatoms. The molecule has 4 rings (SSSR count). The highest BCUT2D eigenvalue weighted by molar-refractivity contribution is 5.90. The lowest BCUT2D eigenvalue weighted by atomic mass is 10.2. The first-order chi connectivity index (χ1) is 12.7. The van der Waals surface area contributed by atoms with Gasteiger partial charge >= 0.3 is 11.8 Å². The van der Waals surface area contributed by atoms with Crippen LogP contribution in [0.3, 0.4) is 0 Å². The summed E-state index contributed by atoms with van der Waals surface area (Å²) in [5.41, 5.74) is 0.433. The van der Waals surface area contributed by atoms with E-state index in [-0.39, 0.29) is 17.7 Å². The summed E-state index contributed by atoms with van der Waals surface area (Å²) in [6, 6.07) is 7.54. The Hall–Kier alpha value is -3.36. The summed E-state index contributed by atoms with van der Waals surface area (Å²) in [5, 5.41) is 7.65. The lowest BCUT2D eigenvalue weighted by Gasteiger charge is -2.33. The Labute approximate surface area is 148 Å². The molecule has 8 nitrogen and oxygen atoms in total. The van der Waals surface area contributed by atoms with Crippen molar-refractivity contribution in [1.82, 2.24) is 25.1 Å². The van der Waals surface area contributed by atoms with Crippen LogP contribution in [0.2, 0.25) is 0 Å². The fourth-order valence-corrected chi connectivity index (χ4v) is 2.75. The summed E-state index contributed by atoms with van der Waals surface area (Å²) < 4.78 is 18.7. The lowest BCUT2D eigenvalue weighted by molar-refractivity contribution is 0.0706. The van der Waals surface area contributed by atoms with Gasteiger partial charge in [-0.25, -0.2) is 14.4 Å². The van der Waals surface area contributed by atoms with Crippen LogP contribution in [0.15, 0.2) is 47.1 Å². The number of halogens is 1. The minimum Gasteiger partial charge on any atom is -0.412 e. The van der Waals surface area contributed by atoms with E-state index in [9.17, 15) is 9.18 Å². The van der Waals surface area contributed by atoms with E-state index in [0.717, 1.165) is 0 Å². The third kappa shape index (κ3) is 3.23. The lowest BCUT2D eigenvalue weighted by Crippen LogP contribution is -2.49. The van der Waals surface area contributed by atoms with E-state index < -0.39 is 5.82 Å². The summed E-state index contributed by atoms with van der Waals surface area (Å²) >= 11 is 0. The monoisotopic (exact) mass is 354 g/mol. The number of carbonyl (C=O) groups excluding carboxylic acids is 1. The van der Waals surface area contributed by atoms with Gasteiger partial charge in [0, 0.05) is 44.1 Å². The molecular formula is C17H15FN6O2. The van der Waals surface area contributed by atoms with Gasteiger partial charge in [-0.15, -0.1) is 10.2 Å². The Morgan fingerprint density at radius 2 is 1.81 bits per heavy atom. The van der Waals surface area contributed by atoms with Crippen molar-refractivity contribution in [2.75, 3.05) is 31.1 Å². The molecular weight excluding hydrogens is 339 g/mol. The summed E-state index contributed by atoms with van der Waals surface area (Å²) in [4.78, 5) is 24.6. The first-order valence-electron chi connectivity index (χ1n) is 8.11. The predicted molar refractivity (Wildman–Crippen MR) is 89.8 cm³/mol. The van der Waals surface area contributed by atoms with Gasteiger partial charge in [0.1, 0.15) is 5.82 Å². The van der Waals surface area contributed by atoms with Crippen molar-refractivity contribution in [2.24, 2.45) is 0 Å². The first-order valence-corrected chi connectivity index (χ1v) is 8.11. The summed E-state index contributed by atoms with van der Waals surface area (Å²) in [6.45, 7) is 2.21. The number of hydrogen-bond donors (Lipinski definition) is 0. The molecule has 1 saturated heterocycles. The zero-order valence-corrected chi connectivity index (χ0v) is 13.7. The average molecular weight is 354 g/mol. The molecule has 1 fully saturated rings. The van der Waals surface area contributed by atoms with Crippen molar-refractivity contribution in [2.45, 2.75) is 0 Å². The number of rotatable bonds is 3. The number of nitrogens with zero attached hydrogens (tertiary/aromatic N) is 6. The van der Waals surface area contributed by atoms with Gasteiger partial charge in [0.25, 0.3) is 0 Å². The Morgan fingerprint density at radius 3 is 2.54 bits per heavy atom. The molecule has 26 heavy (non-hydrogen) atoms. The second-order valence-electron chi connectivity index (χ2n) is 5.75. The number of benzene rings is 1. The van der Waals surface area contributed by atoms with Crippen molar-refractivity contribution in [3.05, 3.63) is 54.4 Å². The maximum atomic E-state index is 13.3. The second-order valence-corrected chi connectivity index (χ2v) is 5.75. The molecule has 1 aromatic carbocycles. The van der Waals surface area contributed by atoms with Gasteiger partial charge in [-0.2, -0.15) is 0 Å². The molecule has 2 aromatic heterocycles. The van der Waals surface area contributed by atoms with Gasteiger partial charge in [0.15, 0.2) is 0 Å². The third-order valence-electron chi connectivity index (χ3n) is 4.08. The molecule has 0 atom stereocenters. The van der Waals surface area contributed by atoms with Gasteiger partial charge in [-0.3, -0.25) is 4.79 Å². The van der Waals surface area contributed by atoms with Gasteiger partial charge in [-0.1, -0.05) is 6.07 Å². The third-order valence-corrected chi connectivity index (χ3v) is 4.08. The largest absolute Gasteiger partial charge is 0.412 e. The Bertz CT molecular complexity index is 908. The van der Waals surface area contributed by atoms with Crippen LogP contribution in [0.1, 0.15) is 10.7 Å². The molecule has 0 saturated carbocycles. The molecule has 132 valence electrons. The smallest absolute Gasteiger partial charge is 0.311 e. The van der Waals surface area contributed by atoms with E-state index in [0.29, 0.717) is 37.7 Å². The standard InChI is InChI=1S/C17H15FN6O2/c18-13-4-1-3-12(11-13)14-21-22-15(26-14)16(25)23-7-9-24(10-8-23)17-19-5-2-6-20-17/h1-6,11H,7-10H2. The molecule has 0 aliphatic carbocycles. The van der Waals surface area contributed by atoms with E-state index in [4.69, 9.17) is 4.42 Å². The van der Waals surface area contributed by atoms with E-state index in [2.05, 4.69) is 20.2 Å². The molecule has 0 radical (unpaired) electrons. The topological polar surface area (TPSA) is 88.3 Å². The minimum absolute atomic E-state index is 0.103. The van der Waals surface area contributed by atoms with Crippen LogP contribution in [0.4, 0.5) is 10.3 Å². The van der Waals surface area contributed by atoms with Crippen LogP contribution in [-0.2, 0) is 0 Å². The van der Waals surface area contributed by atoms with Crippen LogP contribution in [0.25, 0.3) is 11.5 Å². The highest BCUT2D eigenvalue weighted by Gasteiger charge is 2.27. The van der Waals surface area contributed by atoms with Crippen molar-refractivity contribution in [3.63, 3.8) is 0 Å². The number of amides is 1. The van der Waals surface area contributed by atoms with E-state index >= 15 is 0 Å². The van der Waals surface area contributed by atoms with Crippen molar-refractivity contribution >= 4 is 11.9 Å². The Kier molecular flexibility index (Phi) is 4.26.